The second kappa shape index (κ2) is 7.84. The molecule has 0 radical (unpaired) electrons. The van der Waals surface area contributed by atoms with Crippen LogP contribution in [0.2, 0.25) is 0 Å². The van der Waals surface area contributed by atoms with Gasteiger partial charge in [-0.05, 0) is 0 Å². The second-order valence-electron chi connectivity index (χ2n) is 3.33. The number of ether oxygens (including phenoxy) is 1. The highest BCUT2D eigenvalue weighted by Gasteiger charge is 2.38. The van der Waals surface area contributed by atoms with Crippen LogP contribution in [0.1, 0.15) is 0 Å². The quantitative estimate of drug-likeness (QED) is 0.261. The minimum absolute atomic E-state index is 0.365. The largest absolute Gasteiger partial charge is 0.505 e. The van der Waals surface area contributed by atoms with Crippen molar-refractivity contribution in [2.75, 3.05) is 19.8 Å². The van der Waals surface area contributed by atoms with Gasteiger partial charge >= 0.3 is 5.97 Å². The summed E-state index contributed by atoms with van der Waals surface area (Å²) in [6.07, 6.45) is -3.73. The fraction of sp³-hybridized carbons (Fsp3) is 0.667. The summed E-state index contributed by atoms with van der Waals surface area (Å²) in [5, 5.41) is 59.1. The number of hydrogen-bond donors (Lipinski definition) is 7. The van der Waals surface area contributed by atoms with Crippen molar-refractivity contribution in [3.05, 3.63) is 11.5 Å². The van der Waals surface area contributed by atoms with Crippen molar-refractivity contribution in [2.24, 2.45) is 0 Å². The molecule has 18 heavy (non-hydrogen) atoms. The average Bonchev–Trinajstić information content (AvgIpc) is 2.65. The summed E-state index contributed by atoms with van der Waals surface area (Å²) in [4.78, 5) is 10.5. The van der Waals surface area contributed by atoms with Crippen LogP contribution in [0.5, 0.6) is 0 Å². The summed E-state index contributed by atoms with van der Waals surface area (Å²) in [6.45, 7) is -1.40. The lowest BCUT2D eigenvalue weighted by Gasteiger charge is -2.13. The first-order chi connectivity index (χ1) is 8.38. The van der Waals surface area contributed by atoms with E-state index in [1.807, 2.05) is 0 Å². The lowest BCUT2D eigenvalue weighted by atomic mass is 10.2. The summed E-state index contributed by atoms with van der Waals surface area (Å²) in [6, 6.07) is 0. The van der Waals surface area contributed by atoms with Crippen LogP contribution in [-0.2, 0) is 9.53 Å². The molecule has 106 valence electrons. The number of esters is 1. The molecule has 0 amide bonds. The maximum atomic E-state index is 10.5. The molecule has 0 bridgehead atoms. The smallest absolute Gasteiger partial charge is 0.377 e. The van der Waals surface area contributed by atoms with Crippen molar-refractivity contribution in [2.45, 2.75) is 18.3 Å². The summed E-state index contributed by atoms with van der Waals surface area (Å²) in [5.41, 5.74) is 0. The molecule has 1 rings (SSSR count). The normalized spacial score (nSPS) is 20.6. The van der Waals surface area contributed by atoms with Gasteiger partial charge in [-0.3, -0.25) is 0 Å². The van der Waals surface area contributed by atoms with E-state index in [2.05, 4.69) is 4.74 Å². The number of rotatable bonds is 4. The van der Waals surface area contributed by atoms with Crippen LogP contribution >= 0.6 is 0 Å². The molecule has 0 aromatic rings. The summed E-state index contributed by atoms with van der Waals surface area (Å²) < 4.78 is 4.32. The molecule has 7 N–H and O–H groups in total. The third kappa shape index (κ3) is 4.47. The van der Waals surface area contributed by atoms with Crippen molar-refractivity contribution in [3.8, 4) is 0 Å². The number of aliphatic hydroxyl groups is 7. The number of carbonyl (C=O) groups excluding carboxylic acids is 1. The molecule has 0 unspecified atom stereocenters. The topological polar surface area (TPSA) is 168 Å². The summed E-state index contributed by atoms with van der Waals surface area (Å²) in [5.74, 6) is -2.78. The van der Waals surface area contributed by atoms with Crippen LogP contribution in [0.25, 0.3) is 0 Å². The van der Waals surface area contributed by atoms with Crippen molar-refractivity contribution in [1.82, 2.24) is 0 Å². The Morgan fingerprint density at radius 2 is 1.56 bits per heavy atom. The van der Waals surface area contributed by atoms with E-state index in [-0.39, 0.29) is 13.2 Å². The molecule has 0 saturated carbocycles. The Bertz CT molecular complexity index is 296. The van der Waals surface area contributed by atoms with Gasteiger partial charge in [-0.2, -0.15) is 0 Å². The predicted molar refractivity (Wildman–Crippen MR) is 55.4 cm³/mol. The van der Waals surface area contributed by atoms with Gasteiger partial charge in [0.15, 0.2) is 11.9 Å². The van der Waals surface area contributed by atoms with Crippen LogP contribution < -0.4 is 0 Å². The molecule has 0 aromatic carbocycles. The van der Waals surface area contributed by atoms with E-state index in [9.17, 15) is 4.79 Å². The van der Waals surface area contributed by atoms with Gasteiger partial charge in [-0.15, -0.1) is 0 Å². The fourth-order valence-corrected chi connectivity index (χ4v) is 0.881. The maximum absolute atomic E-state index is 10.5. The fourth-order valence-electron chi connectivity index (χ4n) is 0.881. The van der Waals surface area contributed by atoms with Crippen LogP contribution in [0.3, 0.4) is 0 Å². The van der Waals surface area contributed by atoms with E-state index in [1.54, 1.807) is 0 Å². The molecule has 0 spiro atoms. The van der Waals surface area contributed by atoms with Crippen molar-refractivity contribution >= 4 is 5.97 Å². The van der Waals surface area contributed by atoms with Gasteiger partial charge in [0, 0.05) is 0 Å². The Balaban J connectivity index is 0.000000411. The van der Waals surface area contributed by atoms with Crippen LogP contribution in [0.15, 0.2) is 11.5 Å². The molecule has 9 nitrogen and oxygen atoms in total. The Kier molecular flexibility index (Phi) is 7.24. The molecule has 1 heterocycles. The lowest BCUT2D eigenvalue weighted by Crippen LogP contribution is -2.31. The number of aliphatic hydroxyl groups excluding tert-OH is 7. The molecule has 0 aliphatic carbocycles. The van der Waals surface area contributed by atoms with E-state index in [0.29, 0.717) is 0 Å². The van der Waals surface area contributed by atoms with Gasteiger partial charge in [-0.25, -0.2) is 4.79 Å². The van der Waals surface area contributed by atoms with Crippen LogP contribution in [0, 0.1) is 0 Å². The van der Waals surface area contributed by atoms with E-state index < -0.39 is 42.4 Å². The molecule has 1 aliphatic heterocycles. The molecule has 2 atom stereocenters. The zero-order valence-corrected chi connectivity index (χ0v) is 9.30. The highest BCUT2D eigenvalue weighted by molar-refractivity contribution is 5.89. The minimum atomic E-state index is -1.42. The van der Waals surface area contributed by atoms with Gasteiger partial charge in [0.1, 0.15) is 12.2 Å². The molecular weight excluding hydrogens is 252 g/mol. The van der Waals surface area contributed by atoms with E-state index in [0.717, 1.165) is 0 Å². The standard InChI is InChI=1S/C6H8O6.C3H8O3/c7-1-2(8)5-3(9)4(10)6(11)12-5;4-1-3(6)2-5/h2,5,7-10H,1H2;3-6H,1-2H2/t2-,5+;/m0./s1. The summed E-state index contributed by atoms with van der Waals surface area (Å²) in [7, 11) is 0. The van der Waals surface area contributed by atoms with Gasteiger partial charge in [0.25, 0.3) is 0 Å². The van der Waals surface area contributed by atoms with E-state index in [1.165, 1.54) is 0 Å². The molecule has 9 heteroatoms. The molecule has 0 saturated heterocycles. The van der Waals surface area contributed by atoms with Gasteiger partial charge in [0.2, 0.25) is 5.76 Å². The van der Waals surface area contributed by atoms with E-state index >= 15 is 0 Å². The van der Waals surface area contributed by atoms with Gasteiger partial charge in [-0.1, -0.05) is 0 Å². The van der Waals surface area contributed by atoms with Crippen molar-refractivity contribution < 1.29 is 45.3 Å². The zero-order chi connectivity index (χ0) is 14.3. The molecule has 0 aromatic heterocycles. The third-order valence-corrected chi connectivity index (χ3v) is 1.90. The maximum Gasteiger partial charge on any atom is 0.377 e. The molecule has 0 fully saturated rings. The number of cyclic esters (lactones) is 1. The minimum Gasteiger partial charge on any atom is -0.505 e. The monoisotopic (exact) mass is 268 g/mol. The van der Waals surface area contributed by atoms with Crippen LogP contribution in [0.4, 0.5) is 0 Å². The SMILES string of the molecule is O=C1O[C@H]([C@@H](O)CO)C(O)=C1O.OCC(O)CO. The lowest BCUT2D eigenvalue weighted by molar-refractivity contribution is -0.147. The van der Waals surface area contributed by atoms with Crippen LogP contribution in [-0.4, -0.2) is 79.8 Å². The first kappa shape index (κ1) is 16.6. The highest BCUT2D eigenvalue weighted by atomic mass is 16.6. The Morgan fingerprint density at radius 3 is 1.78 bits per heavy atom. The Hall–Kier alpha value is -1.39. The van der Waals surface area contributed by atoms with E-state index in [4.69, 9.17) is 35.7 Å². The second-order valence-corrected chi connectivity index (χ2v) is 3.33. The number of carbonyl (C=O) groups is 1. The third-order valence-electron chi connectivity index (χ3n) is 1.90. The zero-order valence-electron chi connectivity index (χ0n) is 9.30. The molecular formula is C9H16O9. The van der Waals surface area contributed by atoms with Gasteiger partial charge < -0.3 is 40.5 Å². The van der Waals surface area contributed by atoms with Crippen molar-refractivity contribution in [3.63, 3.8) is 0 Å². The predicted octanol–water partition coefficient (Wildman–Crippen LogP) is -3.08. The first-order valence-electron chi connectivity index (χ1n) is 4.90. The number of hydrogen-bond acceptors (Lipinski definition) is 9. The Morgan fingerprint density at radius 1 is 1.06 bits per heavy atom. The first-order valence-corrected chi connectivity index (χ1v) is 4.90. The van der Waals surface area contributed by atoms with Crippen molar-refractivity contribution in [1.29, 1.82) is 0 Å². The van der Waals surface area contributed by atoms with Gasteiger partial charge in [0.05, 0.1) is 19.8 Å². The Labute approximate surface area is 102 Å². The average molecular weight is 268 g/mol. The molecule has 1 aliphatic rings. The summed E-state index contributed by atoms with van der Waals surface area (Å²) >= 11 is 0. The highest BCUT2D eigenvalue weighted by Crippen LogP contribution is 2.20.